The average molecular weight is 325 g/mol. The number of aliphatic imine (C=N–C) groups is 1. The molecule has 92 valence electrons. The maximum Gasteiger partial charge on any atom is 0.124 e. The maximum absolute atomic E-state index is 9.66. The van der Waals surface area contributed by atoms with Crippen LogP contribution in [0, 0.1) is 6.92 Å². The quantitative estimate of drug-likeness (QED) is 0.786. The summed E-state index contributed by atoms with van der Waals surface area (Å²) in [5.41, 5.74) is 2.56. The van der Waals surface area contributed by atoms with Gasteiger partial charge in [0.25, 0.3) is 0 Å². The summed E-state index contributed by atoms with van der Waals surface area (Å²) < 4.78 is 0.917. The maximum atomic E-state index is 9.66. The molecule has 2 aromatic rings. The van der Waals surface area contributed by atoms with Crippen molar-refractivity contribution < 1.29 is 5.11 Å². The molecule has 2 rings (SSSR count). The van der Waals surface area contributed by atoms with Crippen LogP contribution in [0.4, 0.5) is 5.69 Å². The number of phenolic OH excluding ortho intramolecular Hbond substituents is 1. The molecular formula is C14H11BrClNO. The molecule has 0 unspecified atom stereocenters. The van der Waals surface area contributed by atoms with Crippen LogP contribution in [0.5, 0.6) is 5.75 Å². The van der Waals surface area contributed by atoms with Crippen LogP contribution in [0.1, 0.15) is 11.1 Å². The summed E-state index contributed by atoms with van der Waals surface area (Å²) in [7, 11) is 0. The lowest BCUT2D eigenvalue weighted by Gasteiger charge is -2.01. The van der Waals surface area contributed by atoms with E-state index in [1.165, 1.54) is 0 Å². The number of nitrogens with zero attached hydrogens (tertiary/aromatic N) is 1. The van der Waals surface area contributed by atoms with Crippen molar-refractivity contribution in [1.29, 1.82) is 0 Å². The molecule has 2 nitrogen and oxygen atoms in total. The van der Waals surface area contributed by atoms with E-state index in [2.05, 4.69) is 20.9 Å². The smallest absolute Gasteiger partial charge is 0.124 e. The van der Waals surface area contributed by atoms with Gasteiger partial charge in [-0.2, -0.15) is 0 Å². The highest BCUT2D eigenvalue weighted by Gasteiger charge is 2.00. The molecule has 0 spiro atoms. The van der Waals surface area contributed by atoms with Crippen LogP contribution in [0.2, 0.25) is 5.02 Å². The van der Waals surface area contributed by atoms with Gasteiger partial charge in [0.15, 0.2) is 0 Å². The fourth-order valence-electron chi connectivity index (χ4n) is 1.48. The van der Waals surface area contributed by atoms with Crippen LogP contribution in [0.3, 0.4) is 0 Å². The lowest BCUT2D eigenvalue weighted by molar-refractivity contribution is 0.474. The van der Waals surface area contributed by atoms with Gasteiger partial charge >= 0.3 is 0 Å². The van der Waals surface area contributed by atoms with Crippen molar-refractivity contribution in [3.63, 3.8) is 0 Å². The molecule has 1 N–H and O–H groups in total. The van der Waals surface area contributed by atoms with Gasteiger partial charge in [-0.15, -0.1) is 0 Å². The molecule has 0 atom stereocenters. The molecule has 4 heteroatoms. The lowest BCUT2D eigenvalue weighted by Crippen LogP contribution is -1.82. The third-order valence-electron chi connectivity index (χ3n) is 2.44. The second-order valence-corrected chi connectivity index (χ2v) is 5.21. The Hall–Kier alpha value is -1.32. The highest BCUT2D eigenvalue weighted by atomic mass is 79.9. The predicted octanol–water partition coefficient (Wildman–Crippen LogP) is 4.87. The summed E-state index contributed by atoms with van der Waals surface area (Å²) in [5, 5.41) is 10.2. The van der Waals surface area contributed by atoms with E-state index in [1.807, 2.05) is 25.1 Å². The normalized spacial score (nSPS) is 11.1. The second-order valence-electron chi connectivity index (χ2n) is 3.92. The van der Waals surface area contributed by atoms with E-state index in [4.69, 9.17) is 11.6 Å². The Kier molecular flexibility index (Phi) is 4.04. The van der Waals surface area contributed by atoms with E-state index < -0.39 is 0 Å². The summed E-state index contributed by atoms with van der Waals surface area (Å²) in [6, 6.07) is 10.7. The Morgan fingerprint density at radius 3 is 2.72 bits per heavy atom. The first-order valence-electron chi connectivity index (χ1n) is 5.35. The third-order valence-corrected chi connectivity index (χ3v) is 3.31. The Labute approximate surface area is 119 Å². The van der Waals surface area contributed by atoms with Crippen LogP contribution in [-0.4, -0.2) is 11.3 Å². The van der Waals surface area contributed by atoms with Crippen molar-refractivity contribution in [3.8, 4) is 5.75 Å². The molecule has 0 aliphatic heterocycles. The van der Waals surface area contributed by atoms with Gasteiger partial charge in [-0.3, -0.25) is 4.99 Å². The zero-order valence-electron chi connectivity index (χ0n) is 9.69. The number of aryl methyl sites for hydroxylation is 1. The summed E-state index contributed by atoms with van der Waals surface area (Å²) in [6.45, 7) is 2.01. The van der Waals surface area contributed by atoms with Gasteiger partial charge in [0, 0.05) is 21.3 Å². The predicted molar refractivity (Wildman–Crippen MR) is 79.2 cm³/mol. The van der Waals surface area contributed by atoms with Crippen molar-refractivity contribution in [3.05, 3.63) is 57.0 Å². The molecule has 0 radical (unpaired) electrons. The summed E-state index contributed by atoms with van der Waals surface area (Å²) >= 11 is 9.32. The first-order valence-corrected chi connectivity index (χ1v) is 6.52. The van der Waals surface area contributed by atoms with E-state index in [-0.39, 0.29) is 5.75 Å². The van der Waals surface area contributed by atoms with Gasteiger partial charge in [-0.05, 0) is 58.7 Å². The van der Waals surface area contributed by atoms with Gasteiger partial charge in [-0.1, -0.05) is 17.7 Å². The van der Waals surface area contributed by atoms with E-state index in [0.29, 0.717) is 10.6 Å². The van der Waals surface area contributed by atoms with Crippen molar-refractivity contribution in [1.82, 2.24) is 0 Å². The van der Waals surface area contributed by atoms with E-state index >= 15 is 0 Å². The molecule has 0 aliphatic rings. The molecule has 0 bridgehead atoms. The van der Waals surface area contributed by atoms with Gasteiger partial charge < -0.3 is 5.11 Å². The number of halogens is 2. The summed E-state index contributed by atoms with van der Waals surface area (Å²) in [4.78, 5) is 4.33. The Morgan fingerprint density at radius 2 is 2.00 bits per heavy atom. The molecule has 0 heterocycles. The lowest BCUT2D eigenvalue weighted by atomic mass is 10.2. The molecule has 18 heavy (non-hydrogen) atoms. The van der Waals surface area contributed by atoms with Gasteiger partial charge in [-0.25, -0.2) is 0 Å². The fourth-order valence-corrected chi connectivity index (χ4v) is 2.26. The standard InChI is InChI=1S/C14H11BrClNO/c1-9-2-4-13(12(15)6-9)17-8-10-7-11(16)3-5-14(10)18/h2-8,18H,1H3. The fraction of sp³-hybridized carbons (Fsp3) is 0.0714. The largest absolute Gasteiger partial charge is 0.507 e. The number of phenols is 1. The highest BCUT2D eigenvalue weighted by Crippen LogP contribution is 2.27. The third kappa shape index (κ3) is 3.12. The van der Waals surface area contributed by atoms with Gasteiger partial charge in [0.05, 0.1) is 5.69 Å². The van der Waals surface area contributed by atoms with Crippen LogP contribution in [-0.2, 0) is 0 Å². The topological polar surface area (TPSA) is 32.6 Å². The molecule has 0 aromatic heterocycles. The monoisotopic (exact) mass is 323 g/mol. The van der Waals surface area contributed by atoms with Crippen molar-refractivity contribution in [2.75, 3.05) is 0 Å². The van der Waals surface area contributed by atoms with Crippen molar-refractivity contribution >= 4 is 39.4 Å². The van der Waals surface area contributed by atoms with Gasteiger partial charge in [0.1, 0.15) is 5.75 Å². The van der Waals surface area contributed by atoms with Crippen LogP contribution < -0.4 is 0 Å². The van der Waals surface area contributed by atoms with Crippen molar-refractivity contribution in [2.45, 2.75) is 6.92 Å². The minimum Gasteiger partial charge on any atom is -0.507 e. The van der Waals surface area contributed by atoms with E-state index in [9.17, 15) is 5.11 Å². The summed E-state index contributed by atoms with van der Waals surface area (Å²) in [5.74, 6) is 0.159. The SMILES string of the molecule is Cc1ccc(N=Cc2cc(Cl)ccc2O)c(Br)c1. The Balaban J connectivity index is 2.32. The molecule has 0 aliphatic carbocycles. The van der Waals surface area contributed by atoms with Crippen LogP contribution in [0.25, 0.3) is 0 Å². The Bertz CT molecular complexity index is 611. The Morgan fingerprint density at radius 1 is 1.22 bits per heavy atom. The molecule has 0 fully saturated rings. The highest BCUT2D eigenvalue weighted by molar-refractivity contribution is 9.10. The number of hydrogen-bond acceptors (Lipinski definition) is 2. The second kappa shape index (κ2) is 5.55. The first-order chi connectivity index (χ1) is 8.56. The molecule has 0 amide bonds. The number of aromatic hydroxyl groups is 1. The average Bonchev–Trinajstić information content (AvgIpc) is 2.32. The van der Waals surface area contributed by atoms with Gasteiger partial charge in [0.2, 0.25) is 0 Å². The molecule has 0 saturated carbocycles. The van der Waals surface area contributed by atoms with Crippen LogP contribution >= 0.6 is 27.5 Å². The van der Waals surface area contributed by atoms with E-state index in [1.54, 1.807) is 24.4 Å². The first kappa shape index (κ1) is 13.1. The number of hydrogen-bond donors (Lipinski definition) is 1. The molecular weight excluding hydrogens is 314 g/mol. The zero-order valence-corrected chi connectivity index (χ0v) is 12.0. The van der Waals surface area contributed by atoms with E-state index in [0.717, 1.165) is 15.7 Å². The summed E-state index contributed by atoms with van der Waals surface area (Å²) in [6.07, 6.45) is 1.59. The number of rotatable bonds is 2. The molecule has 0 saturated heterocycles. The zero-order chi connectivity index (χ0) is 13.1. The van der Waals surface area contributed by atoms with Crippen molar-refractivity contribution in [2.24, 2.45) is 4.99 Å². The molecule has 2 aromatic carbocycles. The van der Waals surface area contributed by atoms with Crippen LogP contribution in [0.15, 0.2) is 45.9 Å². The minimum absolute atomic E-state index is 0.159. The minimum atomic E-state index is 0.159. The number of benzene rings is 2.